The SMILES string of the molecule is O=C1c2c(cccc2N2CCCCC2)CN1c1ccc2nc(-c3ccncc3)[nH]c2c1. The van der Waals surface area contributed by atoms with Crippen molar-refractivity contribution in [3.8, 4) is 11.4 Å². The lowest BCUT2D eigenvalue weighted by Gasteiger charge is -2.30. The molecular weight excluding hydrogens is 386 g/mol. The summed E-state index contributed by atoms with van der Waals surface area (Å²) in [5.41, 5.74) is 6.75. The van der Waals surface area contributed by atoms with Gasteiger partial charge < -0.3 is 14.8 Å². The second-order valence-electron chi connectivity index (χ2n) is 8.27. The highest BCUT2D eigenvalue weighted by Crippen LogP contribution is 2.36. The van der Waals surface area contributed by atoms with Crippen molar-refractivity contribution in [2.75, 3.05) is 22.9 Å². The maximum Gasteiger partial charge on any atom is 0.261 e. The molecule has 0 bridgehead atoms. The number of carbonyl (C=O) groups excluding carboxylic acids is 1. The minimum Gasteiger partial charge on any atom is -0.371 e. The van der Waals surface area contributed by atoms with E-state index in [1.165, 1.54) is 19.3 Å². The number of benzene rings is 2. The Bertz CT molecular complexity index is 1270. The number of aromatic nitrogens is 3. The molecule has 2 aromatic heterocycles. The summed E-state index contributed by atoms with van der Waals surface area (Å²) in [7, 11) is 0. The molecule has 0 aliphatic carbocycles. The van der Waals surface area contributed by atoms with Gasteiger partial charge in [0.05, 0.1) is 23.1 Å². The van der Waals surface area contributed by atoms with Gasteiger partial charge in [0.25, 0.3) is 5.91 Å². The van der Waals surface area contributed by atoms with Crippen molar-refractivity contribution >= 4 is 28.3 Å². The first-order valence-electron chi connectivity index (χ1n) is 10.9. The van der Waals surface area contributed by atoms with Crippen molar-refractivity contribution < 1.29 is 4.79 Å². The number of imidazole rings is 1. The van der Waals surface area contributed by atoms with Gasteiger partial charge in [0.1, 0.15) is 5.82 Å². The number of hydrogen-bond donors (Lipinski definition) is 1. The molecule has 1 fully saturated rings. The number of pyridine rings is 1. The van der Waals surface area contributed by atoms with E-state index < -0.39 is 0 Å². The van der Waals surface area contributed by atoms with E-state index in [9.17, 15) is 4.79 Å². The van der Waals surface area contributed by atoms with Crippen molar-refractivity contribution in [2.45, 2.75) is 25.8 Å². The third kappa shape index (κ3) is 3.06. The Balaban J connectivity index is 1.35. The molecule has 31 heavy (non-hydrogen) atoms. The highest BCUT2D eigenvalue weighted by molar-refractivity contribution is 6.14. The first-order valence-corrected chi connectivity index (χ1v) is 10.9. The zero-order valence-electron chi connectivity index (χ0n) is 17.2. The van der Waals surface area contributed by atoms with E-state index >= 15 is 0 Å². The van der Waals surface area contributed by atoms with Crippen LogP contribution < -0.4 is 9.80 Å². The highest BCUT2D eigenvalue weighted by Gasteiger charge is 2.32. The van der Waals surface area contributed by atoms with E-state index in [1.54, 1.807) is 12.4 Å². The molecule has 0 radical (unpaired) electrons. The number of hydrogen-bond acceptors (Lipinski definition) is 4. The second kappa shape index (κ2) is 7.23. The Kier molecular flexibility index (Phi) is 4.23. The smallest absolute Gasteiger partial charge is 0.261 e. The van der Waals surface area contributed by atoms with Crippen molar-refractivity contribution in [3.05, 3.63) is 72.1 Å². The molecule has 154 valence electrons. The number of nitrogens with one attached hydrogen (secondary N) is 1. The number of rotatable bonds is 3. The van der Waals surface area contributed by atoms with Crippen LogP contribution in [-0.2, 0) is 6.54 Å². The van der Waals surface area contributed by atoms with E-state index in [1.807, 2.05) is 35.2 Å². The summed E-state index contributed by atoms with van der Waals surface area (Å²) in [6, 6.07) is 16.1. The molecule has 0 unspecified atom stereocenters. The van der Waals surface area contributed by atoms with E-state index in [-0.39, 0.29) is 5.91 Å². The molecule has 0 saturated carbocycles. The van der Waals surface area contributed by atoms with E-state index in [0.717, 1.165) is 58.0 Å². The summed E-state index contributed by atoms with van der Waals surface area (Å²) in [6.07, 6.45) is 7.18. The highest BCUT2D eigenvalue weighted by atomic mass is 16.2. The summed E-state index contributed by atoms with van der Waals surface area (Å²) >= 11 is 0. The maximum absolute atomic E-state index is 13.5. The molecule has 2 aliphatic heterocycles. The number of fused-ring (bicyclic) bond motifs is 2. The van der Waals surface area contributed by atoms with Gasteiger partial charge in [-0.3, -0.25) is 9.78 Å². The Morgan fingerprint density at radius 1 is 0.935 bits per heavy atom. The standard InChI is InChI=1S/C25H23N5O/c31-25-23-18(5-4-6-22(23)29-13-2-1-3-14-29)16-30(25)19-7-8-20-21(15-19)28-24(27-20)17-9-11-26-12-10-17/h4-12,15H,1-3,13-14,16H2,(H,27,28). The summed E-state index contributed by atoms with van der Waals surface area (Å²) < 4.78 is 0. The number of anilines is 2. The van der Waals surface area contributed by atoms with Crippen LogP contribution in [0.25, 0.3) is 22.4 Å². The van der Waals surface area contributed by atoms with Crippen LogP contribution >= 0.6 is 0 Å². The molecule has 2 aromatic carbocycles. The van der Waals surface area contributed by atoms with Gasteiger partial charge in [-0.15, -0.1) is 0 Å². The molecule has 4 aromatic rings. The lowest BCUT2D eigenvalue weighted by molar-refractivity contribution is 0.0997. The van der Waals surface area contributed by atoms with Crippen molar-refractivity contribution in [2.24, 2.45) is 0 Å². The Labute approximate surface area is 180 Å². The first-order chi connectivity index (χ1) is 15.3. The predicted molar refractivity (Wildman–Crippen MR) is 122 cm³/mol. The number of piperidine rings is 1. The monoisotopic (exact) mass is 409 g/mol. The molecule has 1 N–H and O–H groups in total. The predicted octanol–water partition coefficient (Wildman–Crippen LogP) is 4.78. The van der Waals surface area contributed by atoms with Crippen molar-refractivity contribution in [1.82, 2.24) is 15.0 Å². The van der Waals surface area contributed by atoms with Gasteiger partial charge in [0.15, 0.2) is 0 Å². The molecule has 4 heterocycles. The minimum atomic E-state index is 0.0874. The minimum absolute atomic E-state index is 0.0874. The van der Waals surface area contributed by atoms with Crippen molar-refractivity contribution in [1.29, 1.82) is 0 Å². The third-order valence-corrected chi connectivity index (χ3v) is 6.34. The maximum atomic E-state index is 13.5. The van der Waals surface area contributed by atoms with Gasteiger partial charge in [-0.05, 0) is 61.2 Å². The van der Waals surface area contributed by atoms with Gasteiger partial charge >= 0.3 is 0 Å². The van der Waals surface area contributed by atoms with Crippen LogP contribution in [0.5, 0.6) is 0 Å². The summed E-state index contributed by atoms with van der Waals surface area (Å²) in [5.74, 6) is 0.891. The largest absolute Gasteiger partial charge is 0.371 e. The normalized spacial score (nSPS) is 16.2. The fraction of sp³-hybridized carbons (Fsp3) is 0.240. The van der Waals surface area contributed by atoms with Crippen LogP contribution in [0, 0.1) is 0 Å². The molecule has 0 atom stereocenters. The topological polar surface area (TPSA) is 65.1 Å². The molecule has 1 amide bonds. The average molecular weight is 409 g/mol. The Morgan fingerprint density at radius 3 is 2.61 bits per heavy atom. The molecule has 6 heteroatoms. The molecule has 2 aliphatic rings. The number of H-pyrrole nitrogens is 1. The Hall–Kier alpha value is -3.67. The fourth-order valence-corrected chi connectivity index (χ4v) is 4.76. The number of carbonyl (C=O) groups is 1. The van der Waals surface area contributed by atoms with Crippen LogP contribution in [0.3, 0.4) is 0 Å². The zero-order valence-corrected chi connectivity index (χ0v) is 17.2. The van der Waals surface area contributed by atoms with Gasteiger partial charge in [0, 0.05) is 42.4 Å². The van der Waals surface area contributed by atoms with E-state index in [4.69, 9.17) is 4.98 Å². The molecule has 1 saturated heterocycles. The zero-order chi connectivity index (χ0) is 20.8. The van der Waals surface area contributed by atoms with Gasteiger partial charge in [-0.25, -0.2) is 4.98 Å². The summed E-state index contributed by atoms with van der Waals surface area (Å²) in [4.78, 5) is 29.9. The quantitative estimate of drug-likeness (QED) is 0.529. The van der Waals surface area contributed by atoms with Crippen LogP contribution in [0.1, 0.15) is 35.2 Å². The lowest BCUT2D eigenvalue weighted by Crippen LogP contribution is -2.31. The fourth-order valence-electron chi connectivity index (χ4n) is 4.76. The van der Waals surface area contributed by atoms with Crippen LogP contribution in [0.15, 0.2) is 60.9 Å². The van der Waals surface area contributed by atoms with Gasteiger partial charge in [-0.1, -0.05) is 12.1 Å². The summed E-state index contributed by atoms with van der Waals surface area (Å²) in [6.45, 7) is 2.66. The van der Waals surface area contributed by atoms with Gasteiger partial charge in [-0.2, -0.15) is 0 Å². The molecular formula is C25H23N5O. The third-order valence-electron chi connectivity index (χ3n) is 6.34. The van der Waals surface area contributed by atoms with Crippen molar-refractivity contribution in [3.63, 3.8) is 0 Å². The molecule has 6 nitrogen and oxygen atoms in total. The molecule has 0 spiro atoms. The average Bonchev–Trinajstić information content (AvgIpc) is 3.41. The molecule has 6 rings (SSSR count). The number of nitrogens with zero attached hydrogens (tertiary/aromatic N) is 4. The van der Waals surface area contributed by atoms with Crippen LogP contribution in [0.4, 0.5) is 11.4 Å². The second-order valence-corrected chi connectivity index (χ2v) is 8.27. The lowest BCUT2D eigenvalue weighted by atomic mass is 10.0. The van der Waals surface area contributed by atoms with Gasteiger partial charge in [0.2, 0.25) is 0 Å². The number of amides is 1. The first kappa shape index (κ1) is 18.1. The van der Waals surface area contributed by atoms with E-state index in [0.29, 0.717) is 6.54 Å². The van der Waals surface area contributed by atoms with E-state index in [2.05, 4.69) is 33.1 Å². The van der Waals surface area contributed by atoms with Crippen LogP contribution in [0.2, 0.25) is 0 Å². The number of aromatic amines is 1. The van der Waals surface area contributed by atoms with Crippen LogP contribution in [-0.4, -0.2) is 33.9 Å². The Morgan fingerprint density at radius 2 is 1.77 bits per heavy atom. The summed E-state index contributed by atoms with van der Waals surface area (Å²) in [5, 5.41) is 0.